The minimum Gasteiger partial charge on any atom is -0.228 e. The van der Waals surface area contributed by atoms with E-state index in [0.29, 0.717) is 69.4 Å². The minimum absolute atomic E-state index is 0.467. The molecule has 6 aromatic heterocycles. The smallest absolute Gasteiger partial charge is 0.164 e. The summed E-state index contributed by atoms with van der Waals surface area (Å²) in [5.74, 6) is 5.53. The molecular weight excluding hydrogens is 1360 g/mol. The first-order chi connectivity index (χ1) is 53.3. The summed E-state index contributed by atoms with van der Waals surface area (Å²) in [5.41, 5.74) is 17.6. The van der Waals surface area contributed by atoms with E-state index in [1.54, 1.807) is 46.9 Å². The van der Waals surface area contributed by atoms with Gasteiger partial charge in [-0.25, -0.2) is 54.8 Å². The second kappa shape index (κ2) is 27.5. The first-order valence-corrected chi connectivity index (χ1v) is 36.6. The number of rotatable bonds is 14. The van der Waals surface area contributed by atoms with Gasteiger partial charge in [0.2, 0.25) is 0 Å². The molecule has 15 heteroatoms. The third-order valence-electron chi connectivity index (χ3n) is 19.2. The number of hydrogen-bond acceptors (Lipinski definition) is 15. The Morgan fingerprint density at radius 2 is 0.444 bits per heavy atom. The van der Waals surface area contributed by atoms with Gasteiger partial charge < -0.3 is 0 Å². The van der Waals surface area contributed by atoms with Gasteiger partial charge in [-0.05, 0) is 131 Å². The van der Waals surface area contributed by atoms with E-state index >= 15 is 0 Å². The van der Waals surface area contributed by atoms with Crippen LogP contribution < -0.4 is 0 Å². The monoisotopic (exact) mass is 1420 g/mol. The van der Waals surface area contributed by atoms with E-state index in [1.807, 2.05) is 127 Å². The lowest BCUT2D eigenvalue weighted by atomic mass is 9.99. The highest BCUT2D eigenvalue weighted by atomic mass is 32.1. The number of thiophene rings is 2. The maximum atomic E-state index is 9.52. The Hall–Kier alpha value is -14.6. The zero-order valence-electron chi connectivity index (χ0n) is 57.2. The molecule has 502 valence electrons. The molecule has 0 atom stereocenters. The molecule has 0 N–H and O–H groups in total. The molecular formula is C93H53N13S2. The number of nitriles is 2. The van der Waals surface area contributed by atoms with Crippen molar-refractivity contribution in [3.05, 3.63) is 333 Å². The number of aromatic nitrogens is 11. The van der Waals surface area contributed by atoms with E-state index in [-0.39, 0.29) is 0 Å². The van der Waals surface area contributed by atoms with Gasteiger partial charge in [-0.15, -0.1) is 22.7 Å². The van der Waals surface area contributed by atoms with Crippen LogP contribution in [0.15, 0.2) is 322 Å². The summed E-state index contributed by atoms with van der Waals surface area (Å²) in [4.78, 5) is 55.8. The summed E-state index contributed by atoms with van der Waals surface area (Å²) < 4.78 is 4.52. The van der Waals surface area contributed by atoms with Crippen molar-refractivity contribution >= 4 is 63.0 Å². The van der Waals surface area contributed by atoms with Crippen molar-refractivity contribution in [2.45, 2.75) is 0 Å². The molecule has 0 bridgehead atoms. The van der Waals surface area contributed by atoms with Crippen molar-refractivity contribution in [1.29, 1.82) is 10.5 Å². The molecule has 0 amide bonds. The van der Waals surface area contributed by atoms with Crippen LogP contribution in [0.25, 0.3) is 199 Å². The van der Waals surface area contributed by atoms with E-state index in [0.717, 1.165) is 131 Å². The zero-order chi connectivity index (χ0) is 72.0. The van der Waals surface area contributed by atoms with Gasteiger partial charge in [0.1, 0.15) is 0 Å². The summed E-state index contributed by atoms with van der Waals surface area (Å²) in [6.45, 7) is 0. The predicted octanol–water partition coefficient (Wildman–Crippen LogP) is 22.8. The highest BCUT2D eigenvalue weighted by Crippen LogP contribution is 2.42. The molecule has 0 saturated carbocycles. The lowest BCUT2D eigenvalue weighted by Gasteiger charge is -2.11. The van der Waals surface area contributed by atoms with Crippen molar-refractivity contribution in [1.82, 2.24) is 54.8 Å². The van der Waals surface area contributed by atoms with E-state index in [4.69, 9.17) is 54.8 Å². The normalized spacial score (nSPS) is 11.3. The largest absolute Gasteiger partial charge is 0.228 e. The van der Waals surface area contributed by atoms with E-state index in [9.17, 15) is 10.5 Å². The Morgan fingerprint density at radius 3 is 0.843 bits per heavy atom. The molecule has 0 saturated heterocycles. The lowest BCUT2D eigenvalue weighted by Crippen LogP contribution is -2.00. The highest BCUT2D eigenvalue weighted by Gasteiger charge is 2.21. The fourth-order valence-electron chi connectivity index (χ4n) is 13.6. The first kappa shape index (κ1) is 64.2. The van der Waals surface area contributed by atoms with Crippen LogP contribution in [-0.4, -0.2) is 54.8 Å². The Morgan fingerprint density at radius 1 is 0.176 bits per heavy atom. The van der Waals surface area contributed by atoms with Crippen LogP contribution in [0, 0.1) is 22.7 Å². The second-order valence-electron chi connectivity index (χ2n) is 26.0. The number of nitrogens with zero attached hydrogens (tertiary/aromatic N) is 13. The van der Waals surface area contributed by atoms with Gasteiger partial charge >= 0.3 is 0 Å². The third-order valence-corrected chi connectivity index (χ3v) is 21.4. The average Bonchev–Trinajstić information content (AvgIpc) is 1.60. The maximum Gasteiger partial charge on any atom is 0.164 e. The molecule has 0 spiro atoms. The Kier molecular flexibility index (Phi) is 16.4. The summed E-state index contributed by atoms with van der Waals surface area (Å²) in [5, 5.41) is 23.5. The molecule has 13 aromatic carbocycles. The average molecular weight is 1420 g/mol. The number of benzene rings is 13. The van der Waals surface area contributed by atoms with Crippen LogP contribution >= 0.6 is 22.7 Å². The van der Waals surface area contributed by atoms with Crippen LogP contribution in [-0.2, 0) is 0 Å². The summed E-state index contributed by atoms with van der Waals surface area (Å²) in [6, 6.07) is 113. The van der Waals surface area contributed by atoms with Gasteiger partial charge in [-0.1, -0.05) is 212 Å². The number of hydrogen-bond donors (Lipinski definition) is 0. The SMILES string of the molecule is N#Cc1ccc(-c2nc(-c3ccc(C#N)cc3)nc(-c3ccc4sc5cc(-c6nc(-c7ccccc7)nc(-c7ccc(-c8ccc(-c9nc(-c%10ccccc%10)nc(-c%10ccc%11sc%12cc(-c%13cccc(-c%14cc(-c%15ccccc%15)nc(-c%15ccccc%15)n%14)c%13)ccc%12c%11c%10)n9)cc8)cc7)n6)ccc5c4c3)n2)cc1. The molecule has 0 radical (unpaired) electrons. The minimum atomic E-state index is 0.467. The molecule has 108 heavy (non-hydrogen) atoms. The van der Waals surface area contributed by atoms with Crippen LogP contribution in [0.1, 0.15) is 11.1 Å². The van der Waals surface area contributed by atoms with E-state index < -0.39 is 0 Å². The summed E-state index contributed by atoms with van der Waals surface area (Å²) in [7, 11) is 0. The van der Waals surface area contributed by atoms with Gasteiger partial charge in [0.25, 0.3) is 0 Å². The molecule has 0 aliphatic carbocycles. The van der Waals surface area contributed by atoms with Crippen LogP contribution in [0.5, 0.6) is 0 Å². The molecule has 0 aliphatic heterocycles. The van der Waals surface area contributed by atoms with Crippen molar-refractivity contribution in [2.24, 2.45) is 0 Å². The Balaban J connectivity index is 0.603. The standard InChI is InChI=1S/C93H53N13S2/c94-54-56-24-28-64(29-25-56)87-100-88(65-30-26-57(55-95)27-31-65)104-92(103-87)72-43-47-81-77(50-72)75-45-41-73(52-83(75)108-81)93-102-86(63-20-11-4-12-21-63)99-90(106-93)67-38-34-59(35-39-67)58-32-36-66(37-33-58)89-98-85(62-18-9-3-10-19-62)101-91(105-89)71-42-46-80-76(49-71)74-44-40-69(51-82(74)107-80)68-22-13-23-70(48-68)79-53-78(60-14-5-1-6-15-60)96-84(97-79)61-16-7-2-8-17-61/h1-53H. The molecule has 0 unspecified atom stereocenters. The van der Waals surface area contributed by atoms with E-state index in [1.165, 1.54) is 9.40 Å². The second-order valence-corrected chi connectivity index (χ2v) is 28.2. The topological polar surface area (TPSA) is 189 Å². The van der Waals surface area contributed by atoms with Gasteiger partial charge in [0.15, 0.2) is 58.2 Å². The first-order valence-electron chi connectivity index (χ1n) is 35.0. The van der Waals surface area contributed by atoms with Gasteiger partial charge in [0.05, 0.1) is 34.7 Å². The van der Waals surface area contributed by atoms with Crippen LogP contribution in [0.4, 0.5) is 0 Å². The van der Waals surface area contributed by atoms with Crippen molar-refractivity contribution in [2.75, 3.05) is 0 Å². The fourth-order valence-corrected chi connectivity index (χ4v) is 15.8. The van der Waals surface area contributed by atoms with Gasteiger partial charge in [0, 0.05) is 107 Å². The summed E-state index contributed by atoms with van der Waals surface area (Å²) >= 11 is 3.47. The maximum absolute atomic E-state index is 9.52. The van der Waals surface area contributed by atoms with Crippen molar-refractivity contribution in [3.8, 4) is 171 Å². The third kappa shape index (κ3) is 12.6. The van der Waals surface area contributed by atoms with Crippen molar-refractivity contribution in [3.63, 3.8) is 0 Å². The summed E-state index contributed by atoms with van der Waals surface area (Å²) in [6.07, 6.45) is 0. The zero-order valence-corrected chi connectivity index (χ0v) is 58.9. The van der Waals surface area contributed by atoms with E-state index in [2.05, 4.69) is 182 Å². The molecule has 19 aromatic rings. The van der Waals surface area contributed by atoms with Crippen LogP contribution in [0.2, 0.25) is 0 Å². The van der Waals surface area contributed by atoms with Gasteiger partial charge in [-0.2, -0.15) is 10.5 Å². The molecule has 0 aliphatic rings. The fraction of sp³-hybridized carbons (Fsp3) is 0. The van der Waals surface area contributed by atoms with Gasteiger partial charge in [-0.3, -0.25) is 0 Å². The quantitative estimate of drug-likeness (QED) is 0.100. The van der Waals surface area contributed by atoms with Crippen molar-refractivity contribution < 1.29 is 0 Å². The molecule has 13 nitrogen and oxygen atoms in total. The lowest BCUT2D eigenvalue weighted by molar-refractivity contribution is 1.07. The highest BCUT2D eigenvalue weighted by molar-refractivity contribution is 7.26. The van der Waals surface area contributed by atoms with Crippen LogP contribution in [0.3, 0.4) is 0 Å². The molecule has 19 rings (SSSR count). The molecule has 6 heterocycles. The predicted molar refractivity (Wildman–Crippen MR) is 433 cm³/mol. The Bertz CT molecular complexity index is 6650. The Labute approximate surface area is 627 Å². The number of fused-ring (bicyclic) bond motifs is 6. The molecule has 0 fully saturated rings.